The second-order valence-electron chi connectivity index (χ2n) is 2.82. The topological polar surface area (TPSA) is 3.24 Å². The average Bonchev–Trinajstić information content (AvgIpc) is 2.40. The summed E-state index contributed by atoms with van der Waals surface area (Å²) in [7, 11) is 0. The molecule has 0 spiro atoms. The van der Waals surface area contributed by atoms with Gasteiger partial charge in [-0.3, -0.25) is 0 Å². The highest BCUT2D eigenvalue weighted by atomic mass is 15.1. The van der Waals surface area contributed by atoms with Gasteiger partial charge in [0.15, 0.2) is 0 Å². The molecule has 1 aliphatic rings. The van der Waals surface area contributed by atoms with Crippen molar-refractivity contribution in [1.82, 2.24) is 4.90 Å². The minimum absolute atomic E-state index is 0.916. The average molecular weight is 161 g/mol. The Bertz CT molecular complexity index is 258. The van der Waals surface area contributed by atoms with Gasteiger partial charge in [-0.05, 0) is 18.6 Å². The van der Waals surface area contributed by atoms with Crippen molar-refractivity contribution >= 4 is 0 Å². The minimum Gasteiger partial charge on any atom is -0.367 e. The standard InChI is InChI=1S/C11H15N/c1-5-10-9(4)8-12(7-3)11(10)6-2/h5-6H,1-2,4,7-8H2,3H3. The minimum atomic E-state index is 0.916. The van der Waals surface area contributed by atoms with E-state index in [1.165, 1.54) is 0 Å². The molecular formula is C11H15N. The number of hydrogen-bond donors (Lipinski definition) is 0. The molecule has 64 valence electrons. The maximum atomic E-state index is 3.98. The molecule has 12 heavy (non-hydrogen) atoms. The highest BCUT2D eigenvalue weighted by Gasteiger charge is 2.19. The fourth-order valence-corrected chi connectivity index (χ4v) is 1.52. The van der Waals surface area contributed by atoms with Crippen molar-refractivity contribution in [3.8, 4) is 0 Å². The molecule has 0 atom stereocenters. The molecule has 0 N–H and O–H groups in total. The Balaban J connectivity index is 3.06. The number of hydrogen-bond acceptors (Lipinski definition) is 1. The lowest BCUT2D eigenvalue weighted by Crippen LogP contribution is -2.18. The SMILES string of the molecule is C=CC1=C(C=C)N(CC)CC1=C. The van der Waals surface area contributed by atoms with Crippen LogP contribution in [0.15, 0.2) is 48.7 Å². The molecule has 0 amide bonds. The molecule has 1 aliphatic heterocycles. The largest absolute Gasteiger partial charge is 0.367 e. The molecule has 0 unspecified atom stereocenters. The smallest absolute Gasteiger partial charge is 0.0439 e. The van der Waals surface area contributed by atoms with E-state index in [0.29, 0.717) is 0 Å². The Kier molecular flexibility index (Phi) is 2.54. The van der Waals surface area contributed by atoms with Crippen molar-refractivity contribution in [1.29, 1.82) is 0 Å². The lowest BCUT2D eigenvalue weighted by molar-refractivity contribution is 0.427. The van der Waals surface area contributed by atoms with Crippen LogP contribution in [0.2, 0.25) is 0 Å². The number of rotatable bonds is 3. The molecule has 0 radical (unpaired) electrons. The zero-order valence-electron chi connectivity index (χ0n) is 7.64. The van der Waals surface area contributed by atoms with Gasteiger partial charge in [0.2, 0.25) is 0 Å². The molecule has 0 aromatic rings. The van der Waals surface area contributed by atoms with Gasteiger partial charge in [0, 0.05) is 24.4 Å². The summed E-state index contributed by atoms with van der Waals surface area (Å²) < 4.78 is 0. The second kappa shape index (κ2) is 3.44. The molecule has 0 saturated carbocycles. The highest BCUT2D eigenvalue weighted by molar-refractivity contribution is 5.49. The van der Waals surface area contributed by atoms with Gasteiger partial charge < -0.3 is 4.90 Å². The molecule has 1 rings (SSSR count). The summed E-state index contributed by atoms with van der Waals surface area (Å²) in [6, 6.07) is 0. The van der Waals surface area contributed by atoms with Gasteiger partial charge in [-0.2, -0.15) is 0 Å². The van der Waals surface area contributed by atoms with Crippen LogP contribution in [0.1, 0.15) is 6.92 Å². The van der Waals surface area contributed by atoms with Crippen molar-refractivity contribution in [3.63, 3.8) is 0 Å². The zero-order valence-corrected chi connectivity index (χ0v) is 7.64. The predicted molar refractivity (Wildman–Crippen MR) is 53.8 cm³/mol. The summed E-state index contributed by atoms with van der Waals surface area (Å²) in [6.07, 6.45) is 3.73. The molecule has 0 aromatic carbocycles. The number of likely N-dealkylation sites (N-methyl/N-ethyl adjacent to an activating group) is 1. The van der Waals surface area contributed by atoms with Crippen LogP contribution in [0.3, 0.4) is 0 Å². The van der Waals surface area contributed by atoms with Crippen molar-refractivity contribution in [3.05, 3.63) is 48.7 Å². The second-order valence-corrected chi connectivity index (χ2v) is 2.82. The van der Waals surface area contributed by atoms with Gasteiger partial charge in [-0.15, -0.1) is 0 Å². The molecule has 1 nitrogen and oxygen atoms in total. The van der Waals surface area contributed by atoms with E-state index < -0.39 is 0 Å². The predicted octanol–water partition coefficient (Wildman–Crippen LogP) is 2.50. The third-order valence-corrected chi connectivity index (χ3v) is 2.16. The third-order valence-electron chi connectivity index (χ3n) is 2.16. The van der Waals surface area contributed by atoms with Gasteiger partial charge in [-0.25, -0.2) is 0 Å². The summed E-state index contributed by atoms with van der Waals surface area (Å²) in [5, 5.41) is 0. The maximum absolute atomic E-state index is 3.98. The third kappa shape index (κ3) is 1.22. The van der Waals surface area contributed by atoms with Crippen LogP contribution in [0.5, 0.6) is 0 Å². The highest BCUT2D eigenvalue weighted by Crippen LogP contribution is 2.27. The Morgan fingerprint density at radius 1 is 1.42 bits per heavy atom. The van der Waals surface area contributed by atoms with Crippen LogP contribution < -0.4 is 0 Å². The van der Waals surface area contributed by atoms with Gasteiger partial charge in [0.25, 0.3) is 0 Å². The quantitative estimate of drug-likeness (QED) is 0.614. The van der Waals surface area contributed by atoms with Crippen LogP contribution in [-0.4, -0.2) is 18.0 Å². The fraction of sp³-hybridized carbons (Fsp3) is 0.273. The lowest BCUT2D eigenvalue weighted by Gasteiger charge is -2.16. The van der Waals surface area contributed by atoms with E-state index in [4.69, 9.17) is 0 Å². The Hall–Kier alpha value is -1.24. The Morgan fingerprint density at radius 2 is 2.08 bits per heavy atom. The van der Waals surface area contributed by atoms with Crippen molar-refractivity contribution in [2.45, 2.75) is 6.92 Å². The van der Waals surface area contributed by atoms with E-state index in [-0.39, 0.29) is 0 Å². The first kappa shape index (κ1) is 8.85. The van der Waals surface area contributed by atoms with Gasteiger partial charge in [-0.1, -0.05) is 25.8 Å². The van der Waals surface area contributed by atoms with Crippen molar-refractivity contribution in [2.75, 3.05) is 13.1 Å². The van der Waals surface area contributed by atoms with E-state index in [2.05, 4.69) is 31.6 Å². The van der Waals surface area contributed by atoms with Gasteiger partial charge in [0.05, 0.1) is 0 Å². The Morgan fingerprint density at radius 3 is 2.50 bits per heavy atom. The molecule has 0 saturated heterocycles. The molecule has 1 heterocycles. The van der Waals surface area contributed by atoms with Gasteiger partial charge >= 0.3 is 0 Å². The van der Waals surface area contributed by atoms with Gasteiger partial charge in [0.1, 0.15) is 0 Å². The Labute approximate surface area is 74.4 Å². The van der Waals surface area contributed by atoms with Crippen LogP contribution >= 0.6 is 0 Å². The maximum Gasteiger partial charge on any atom is 0.0439 e. The monoisotopic (exact) mass is 161 g/mol. The van der Waals surface area contributed by atoms with E-state index in [1.54, 1.807) is 0 Å². The van der Waals surface area contributed by atoms with Crippen molar-refractivity contribution < 1.29 is 0 Å². The van der Waals surface area contributed by atoms with E-state index in [1.807, 2.05) is 12.2 Å². The summed E-state index contributed by atoms with van der Waals surface area (Å²) >= 11 is 0. The molecule has 0 aliphatic carbocycles. The normalized spacial score (nSPS) is 17.1. The summed E-state index contributed by atoms with van der Waals surface area (Å²) in [5.41, 5.74) is 3.45. The number of allylic oxidation sites excluding steroid dienone is 2. The van der Waals surface area contributed by atoms with E-state index in [0.717, 1.165) is 29.9 Å². The summed E-state index contributed by atoms with van der Waals surface area (Å²) in [5.74, 6) is 0. The number of nitrogens with zero attached hydrogens (tertiary/aromatic N) is 1. The lowest BCUT2D eigenvalue weighted by atomic mass is 10.1. The van der Waals surface area contributed by atoms with Crippen LogP contribution in [0, 0.1) is 0 Å². The molecule has 1 heteroatoms. The first-order chi connectivity index (χ1) is 5.74. The van der Waals surface area contributed by atoms with Crippen LogP contribution in [0.25, 0.3) is 0 Å². The molecular weight excluding hydrogens is 146 g/mol. The summed E-state index contributed by atoms with van der Waals surface area (Å²) in [6.45, 7) is 15.6. The summed E-state index contributed by atoms with van der Waals surface area (Å²) in [4.78, 5) is 2.24. The fourth-order valence-electron chi connectivity index (χ4n) is 1.52. The van der Waals surface area contributed by atoms with Crippen LogP contribution in [0.4, 0.5) is 0 Å². The first-order valence-electron chi connectivity index (χ1n) is 4.16. The van der Waals surface area contributed by atoms with Crippen LogP contribution in [-0.2, 0) is 0 Å². The van der Waals surface area contributed by atoms with Crippen molar-refractivity contribution in [2.24, 2.45) is 0 Å². The molecule has 0 fully saturated rings. The first-order valence-corrected chi connectivity index (χ1v) is 4.16. The zero-order chi connectivity index (χ0) is 9.14. The van der Waals surface area contributed by atoms with E-state index in [9.17, 15) is 0 Å². The molecule has 0 aromatic heterocycles. The molecule has 0 bridgehead atoms. The van der Waals surface area contributed by atoms with E-state index >= 15 is 0 Å².